The molecule has 0 unspecified atom stereocenters. The van der Waals surface area contributed by atoms with E-state index in [2.05, 4.69) is 65.4 Å². The van der Waals surface area contributed by atoms with Crippen molar-refractivity contribution in [2.75, 3.05) is 11.4 Å². The van der Waals surface area contributed by atoms with Gasteiger partial charge < -0.3 is 9.64 Å². The van der Waals surface area contributed by atoms with Gasteiger partial charge in [0, 0.05) is 19.0 Å². The van der Waals surface area contributed by atoms with Gasteiger partial charge in [0.25, 0.3) is 5.01 Å². The molecule has 0 spiro atoms. The average Bonchev–Trinajstić information content (AvgIpc) is 3.31. The molecular formula is C21H19N2OS+. The van der Waals surface area contributed by atoms with Crippen LogP contribution in [0.15, 0.2) is 54.9 Å². The van der Waals surface area contributed by atoms with Gasteiger partial charge in [-0.2, -0.15) is 4.57 Å². The second-order valence-corrected chi connectivity index (χ2v) is 7.37. The molecule has 25 heavy (non-hydrogen) atoms. The zero-order valence-corrected chi connectivity index (χ0v) is 15.0. The lowest BCUT2D eigenvalue weighted by molar-refractivity contribution is -0.659. The van der Waals surface area contributed by atoms with Crippen molar-refractivity contribution in [3.63, 3.8) is 0 Å². The SMILES string of the molecule is C=Cc1ccc2c(c1)O/C(=C1/CC[n+]3c1sc1ccccc13)N2CC. The highest BCUT2D eigenvalue weighted by Crippen LogP contribution is 2.44. The van der Waals surface area contributed by atoms with Gasteiger partial charge in [-0.25, -0.2) is 0 Å². The predicted octanol–water partition coefficient (Wildman–Crippen LogP) is 4.82. The molecule has 3 heterocycles. The molecule has 0 aliphatic carbocycles. The van der Waals surface area contributed by atoms with Crippen LogP contribution in [0, 0.1) is 0 Å². The second-order valence-electron chi connectivity index (χ2n) is 6.34. The zero-order chi connectivity index (χ0) is 17.0. The highest BCUT2D eigenvalue weighted by atomic mass is 32.1. The van der Waals surface area contributed by atoms with Crippen LogP contribution in [0.25, 0.3) is 21.9 Å². The van der Waals surface area contributed by atoms with E-state index in [-0.39, 0.29) is 0 Å². The Balaban J connectivity index is 1.68. The van der Waals surface area contributed by atoms with E-state index in [1.165, 1.54) is 20.8 Å². The normalized spacial score (nSPS) is 18.4. The lowest BCUT2D eigenvalue weighted by Gasteiger charge is -2.16. The molecular weight excluding hydrogens is 328 g/mol. The molecule has 0 radical (unpaired) electrons. The first kappa shape index (κ1) is 14.7. The smallest absolute Gasteiger partial charge is 0.271 e. The number of thiazole rings is 1. The Morgan fingerprint density at radius 3 is 3.00 bits per heavy atom. The maximum Gasteiger partial charge on any atom is 0.271 e. The summed E-state index contributed by atoms with van der Waals surface area (Å²) in [5.74, 6) is 1.93. The van der Waals surface area contributed by atoms with Crippen molar-refractivity contribution in [3.05, 3.63) is 65.5 Å². The molecule has 4 heteroatoms. The molecule has 2 aliphatic heterocycles. The van der Waals surface area contributed by atoms with Gasteiger partial charge in [0.1, 0.15) is 10.3 Å². The van der Waals surface area contributed by atoms with Crippen molar-refractivity contribution in [3.8, 4) is 5.75 Å². The third-order valence-electron chi connectivity index (χ3n) is 4.99. The van der Waals surface area contributed by atoms with Crippen LogP contribution in [0.3, 0.4) is 0 Å². The highest BCUT2D eigenvalue weighted by Gasteiger charge is 2.38. The molecule has 124 valence electrons. The summed E-state index contributed by atoms with van der Waals surface area (Å²) in [4.78, 5) is 2.29. The first-order valence-electron chi connectivity index (χ1n) is 8.67. The maximum absolute atomic E-state index is 6.34. The van der Waals surface area contributed by atoms with Gasteiger partial charge in [-0.3, -0.25) is 0 Å². The number of para-hydroxylation sites is 1. The van der Waals surface area contributed by atoms with Crippen LogP contribution in [0.1, 0.15) is 23.9 Å². The Morgan fingerprint density at radius 1 is 1.28 bits per heavy atom. The number of fused-ring (bicyclic) bond motifs is 4. The van der Waals surface area contributed by atoms with Crippen molar-refractivity contribution >= 4 is 38.9 Å². The number of ether oxygens (including phenoxy) is 1. The van der Waals surface area contributed by atoms with Crippen molar-refractivity contribution < 1.29 is 9.30 Å². The first-order chi connectivity index (χ1) is 12.3. The summed E-state index contributed by atoms with van der Waals surface area (Å²) in [6, 6.07) is 14.9. The van der Waals surface area contributed by atoms with E-state index in [0.717, 1.165) is 42.4 Å². The van der Waals surface area contributed by atoms with Gasteiger partial charge in [-0.1, -0.05) is 42.2 Å². The van der Waals surface area contributed by atoms with Crippen LogP contribution in [0.2, 0.25) is 0 Å². The molecule has 0 N–H and O–H groups in total. The number of benzene rings is 2. The molecule has 0 saturated heterocycles. The van der Waals surface area contributed by atoms with Crippen molar-refractivity contribution in [2.24, 2.45) is 0 Å². The highest BCUT2D eigenvalue weighted by molar-refractivity contribution is 7.19. The second kappa shape index (κ2) is 5.46. The fourth-order valence-electron chi connectivity index (χ4n) is 3.78. The minimum atomic E-state index is 0.893. The Hall–Kier alpha value is -2.59. The van der Waals surface area contributed by atoms with Crippen molar-refractivity contribution in [1.29, 1.82) is 0 Å². The van der Waals surface area contributed by atoms with Gasteiger partial charge in [0.05, 0.1) is 5.69 Å². The summed E-state index contributed by atoms with van der Waals surface area (Å²) >= 11 is 1.86. The van der Waals surface area contributed by atoms with E-state index in [0.29, 0.717) is 0 Å². The van der Waals surface area contributed by atoms with E-state index >= 15 is 0 Å². The summed E-state index contributed by atoms with van der Waals surface area (Å²) in [5, 5.41) is 1.33. The van der Waals surface area contributed by atoms with Crippen LogP contribution in [-0.4, -0.2) is 6.54 Å². The molecule has 0 atom stereocenters. The number of allylic oxidation sites excluding steroid dienone is 1. The first-order valence-corrected chi connectivity index (χ1v) is 9.48. The molecule has 5 rings (SSSR count). The van der Waals surface area contributed by atoms with Crippen LogP contribution < -0.4 is 14.2 Å². The van der Waals surface area contributed by atoms with Gasteiger partial charge in [-0.15, -0.1) is 0 Å². The Morgan fingerprint density at radius 2 is 2.16 bits per heavy atom. The van der Waals surface area contributed by atoms with Crippen LogP contribution in [0.4, 0.5) is 5.69 Å². The number of anilines is 1. The van der Waals surface area contributed by atoms with Crippen LogP contribution in [0.5, 0.6) is 5.75 Å². The number of hydrogen-bond acceptors (Lipinski definition) is 3. The molecule has 3 nitrogen and oxygen atoms in total. The van der Waals surface area contributed by atoms with Crippen LogP contribution >= 0.6 is 11.3 Å². The molecule has 0 saturated carbocycles. The molecule has 2 aliphatic rings. The number of rotatable bonds is 2. The largest absolute Gasteiger partial charge is 0.438 e. The van der Waals surface area contributed by atoms with E-state index in [9.17, 15) is 0 Å². The van der Waals surface area contributed by atoms with E-state index in [1.54, 1.807) is 0 Å². The number of nitrogens with zero attached hydrogens (tertiary/aromatic N) is 2. The summed E-state index contributed by atoms with van der Waals surface area (Å²) in [6.45, 7) is 7.95. The fraction of sp³-hybridized carbons (Fsp3) is 0.190. The Labute approximate surface area is 151 Å². The molecule has 2 aromatic carbocycles. The lowest BCUT2D eigenvalue weighted by atomic mass is 10.2. The molecule has 0 fully saturated rings. The zero-order valence-electron chi connectivity index (χ0n) is 14.2. The molecule has 0 bridgehead atoms. The summed E-state index contributed by atoms with van der Waals surface area (Å²) in [7, 11) is 0. The van der Waals surface area contributed by atoms with Crippen LogP contribution in [-0.2, 0) is 6.54 Å². The monoisotopic (exact) mass is 347 g/mol. The topological polar surface area (TPSA) is 16.4 Å². The number of hydrogen-bond donors (Lipinski definition) is 0. The molecule has 0 amide bonds. The standard InChI is InChI=1S/C21H19N2OS/c1-3-14-9-10-16-18(13-14)24-20(22(16)4-2)15-11-12-23-17-7-5-6-8-19(17)25-21(15)23/h3,5-10,13H,1,4,11-12H2,2H3/q+1. The summed E-state index contributed by atoms with van der Waals surface area (Å²) < 4.78 is 10.1. The fourth-order valence-corrected chi connectivity index (χ4v) is 5.03. The quantitative estimate of drug-likeness (QED) is 0.618. The van der Waals surface area contributed by atoms with E-state index < -0.39 is 0 Å². The number of aromatic nitrogens is 1. The van der Waals surface area contributed by atoms with Gasteiger partial charge in [0.2, 0.25) is 11.4 Å². The van der Waals surface area contributed by atoms with Gasteiger partial charge in [0.15, 0.2) is 12.3 Å². The maximum atomic E-state index is 6.34. The minimum Gasteiger partial charge on any atom is -0.438 e. The van der Waals surface area contributed by atoms with Crippen molar-refractivity contribution in [2.45, 2.75) is 19.9 Å². The average molecular weight is 347 g/mol. The predicted molar refractivity (Wildman–Crippen MR) is 104 cm³/mol. The minimum absolute atomic E-state index is 0.893. The lowest BCUT2D eigenvalue weighted by Crippen LogP contribution is -2.30. The van der Waals surface area contributed by atoms with Gasteiger partial charge >= 0.3 is 0 Å². The van der Waals surface area contributed by atoms with E-state index in [4.69, 9.17) is 4.74 Å². The summed E-state index contributed by atoms with van der Waals surface area (Å²) in [6.07, 6.45) is 2.88. The van der Waals surface area contributed by atoms with E-state index in [1.807, 2.05) is 17.4 Å². The Bertz CT molecular complexity index is 1050. The third kappa shape index (κ3) is 2.07. The molecule has 1 aromatic heterocycles. The third-order valence-corrected chi connectivity index (χ3v) is 6.21. The van der Waals surface area contributed by atoms with Gasteiger partial charge in [-0.05, 0) is 30.7 Å². The Kier molecular flexibility index (Phi) is 3.22. The summed E-state index contributed by atoms with van der Waals surface area (Å²) in [5.41, 5.74) is 4.88. The van der Waals surface area contributed by atoms with Crippen molar-refractivity contribution in [1.82, 2.24) is 0 Å². The molecule has 3 aromatic rings. The number of aryl methyl sites for hydroxylation is 1.